The Morgan fingerprint density at radius 1 is 1.30 bits per heavy atom. The van der Waals surface area contributed by atoms with Crippen molar-refractivity contribution >= 4 is 29.2 Å². The lowest BCUT2D eigenvalue weighted by atomic mass is 10.2. The predicted octanol–water partition coefficient (Wildman–Crippen LogP) is 3.20. The SMILES string of the molecule is O=C(CCc1ccco1)Nc1cc(C(=O)O)ccc1Cl. The molecule has 0 radical (unpaired) electrons. The van der Waals surface area contributed by atoms with Crippen LogP contribution >= 0.6 is 11.6 Å². The summed E-state index contributed by atoms with van der Waals surface area (Å²) < 4.78 is 5.12. The summed E-state index contributed by atoms with van der Waals surface area (Å²) in [5.74, 6) is -0.621. The van der Waals surface area contributed by atoms with Crippen LogP contribution in [0.2, 0.25) is 5.02 Å². The third-order valence-corrected chi connectivity index (χ3v) is 3.00. The second kappa shape index (κ2) is 6.25. The second-order valence-corrected chi connectivity index (χ2v) is 4.53. The van der Waals surface area contributed by atoms with Gasteiger partial charge in [0, 0.05) is 12.8 Å². The summed E-state index contributed by atoms with van der Waals surface area (Å²) in [5.41, 5.74) is 0.353. The number of amides is 1. The van der Waals surface area contributed by atoms with E-state index in [9.17, 15) is 9.59 Å². The molecule has 0 saturated carbocycles. The first-order valence-electron chi connectivity index (χ1n) is 5.91. The maximum atomic E-state index is 11.8. The van der Waals surface area contributed by atoms with E-state index in [2.05, 4.69) is 5.32 Å². The Morgan fingerprint density at radius 3 is 2.75 bits per heavy atom. The van der Waals surface area contributed by atoms with Gasteiger partial charge in [-0.25, -0.2) is 4.79 Å². The van der Waals surface area contributed by atoms with E-state index < -0.39 is 5.97 Å². The van der Waals surface area contributed by atoms with Crippen LogP contribution < -0.4 is 5.32 Å². The number of aryl methyl sites for hydroxylation is 1. The van der Waals surface area contributed by atoms with E-state index in [1.165, 1.54) is 18.2 Å². The van der Waals surface area contributed by atoms with Crippen molar-refractivity contribution in [3.63, 3.8) is 0 Å². The quantitative estimate of drug-likeness (QED) is 0.887. The second-order valence-electron chi connectivity index (χ2n) is 4.13. The molecular weight excluding hydrogens is 282 g/mol. The monoisotopic (exact) mass is 293 g/mol. The lowest BCUT2D eigenvalue weighted by Crippen LogP contribution is -2.13. The number of halogens is 1. The number of aromatic carboxylic acids is 1. The number of hydrogen-bond donors (Lipinski definition) is 2. The highest BCUT2D eigenvalue weighted by Gasteiger charge is 2.10. The molecule has 1 heterocycles. The van der Waals surface area contributed by atoms with Crippen LogP contribution in [0.3, 0.4) is 0 Å². The predicted molar refractivity (Wildman–Crippen MR) is 74.1 cm³/mol. The van der Waals surface area contributed by atoms with Crippen molar-refractivity contribution in [3.05, 3.63) is 52.9 Å². The Bertz CT molecular complexity index is 622. The van der Waals surface area contributed by atoms with Crippen LogP contribution in [0.25, 0.3) is 0 Å². The highest BCUT2D eigenvalue weighted by molar-refractivity contribution is 6.33. The summed E-state index contributed by atoms with van der Waals surface area (Å²) in [6.07, 6.45) is 2.23. The highest BCUT2D eigenvalue weighted by atomic mass is 35.5. The van der Waals surface area contributed by atoms with E-state index in [-0.39, 0.29) is 23.6 Å². The van der Waals surface area contributed by atoms with E-state index >= 15 is 0 Å². The number of anilines is 1. The first kappa shape index (κ1) is 14.1. The molecule has 1 aromatic carbocycles. The minimum atomic E-state index is -1.08. The van der Waals surface area contributed by atoms with Gasteiger partial charge in [0.15, 0.2) is 0 Å². The van der Waals surface area contributed by atoms with Gasteiger partial charge in [-0.15, -0.1) is 0 Å². The first-order valence-corrected chi connectivity index (χ1v) is 6.29. The molecular formula is C14H12ClNO4. The molecule has 6 heteroatoms. The van der Waals surface area contributed by atoms with Crippen LogP contribution in [0.5, 0.6) is 0 Å². The van der Waals surface area contributed by atoms with Crippen LogP contribution in [-0.2, 0) is 11.2 Å². The summed E-state index contributed by atoms with van der Waals surface area (Å²) >= 11 is 5.92. The number of carboxylic acids is 1. The molecule has 1 amide bonds. The minimum Gasteiger partial charge on any atom is -0.478 e. The molecule has 0 fully saturated rings. The summed E-state index contributed by atoms with van der Waals surface area (Å²) in [6.45, 7) is 0. The molecule has 0 aliphatic heterocycles. The van der Waals surface area contributed by atoms with Gasteiger partial charge in [0.05, 0.1) is 22.5 Å². The molecule has 0 saturated heterocycles. The van der Waals surface area contributed by atoms with Crippen molar-refractivity contribution in [1.82, 2.24) is 0 Å². The first-order chi connectivity index (χ1) is 9.56. The minimum absolute atomic E-state index is 0.0655. The van der Waals surface area contributed by atoms with Crippen LogP contribution in [-0.4, -0.2) is 17.0 Å². The third kappa shape index (κ3) is 3.61. The van der Waals surface area contributed by atoms with E-state index in [0.717, 1.165) is 0 Å². The maximum absolute atomic E-state index is 11.8. The van der Waals surface area contributed by atoms with E-state index in [0.29, 0.717) is 17.2 Å². The largest absolute Gasteiger partial charge is 0.478 e. The van der Waals surface area contributed by atoms with Gasteiger partial charge < -0.3 is 14.8 Å². The topological polar surface area (TPSA) is 79.5 Å². The van der Waals surface area contributed by atoms with Crippen molar-refractivity contribution in [1.29, 1.82) is 0 Å². The molecule has 0 bridgehead atoms. The van der Waals surface area contributed by atoms with Gasteiger partial charge in [-0.1, -0.05) is 11.6 Å². The average Bonchev–Trinajstić information content (AvgIpc) is 2.92. The molecule has 0 unspecified atom stereocenters. The highest BCUT2D eigenvalue weighted by Crippen LogP contribution is 2.23. The molecule has 2 rings (SSSR count). The fourth-order valence-corrected chi connectivity index (χ4v) is 1.82. The normalized spacial score (nSPS) is 10.2. The Balaban J connectivity index is 2.00. The fourth-order valence-electron chi connectivity index (χ4n) is 1.66. The van der Waals surface area contributed by atoms with E-state index in [1.54, 1.807) is 18.4 Å². The molecule has 0 atom stereocenters. The Kier molecular flexibility index (Phi) is 4.42. The molecule has 0 spiro atoms. The molecule has 20 heavy (non-hydrogen) atoms. The summed E-state index contributed by atoms with van der Waals surface area (Å²) in [4.78, 5) is 22.6. The molecule has 104 valence electrons. The lowest BCUT2D eigenvalue weighted by molar-refractivity contribution is -0.116. The zero-order chi connectivity index (χ0) is 14.5. The molecule has 5 nitrogen and oxygen atoms in total. The fraction of sp³-hybridized carbons (Fsp3) is 0.143. The Morgan fingerprint density at radius 2 is 2.10 bits per heavy atom. The number of furan rings is 1. The van der Waals surface area contributed by atoms with Crippen LogP contribution in [0.1, 0.15) is 22.5 Å². The number of rotatable bonds is 5. The molecule has 2 aromatic rings. The summed E-state index contributed by atoms with van der Waals surface area (Å²) in [5, 5.41) is 11.8. The molecule has 2 N–H and O–H groups in total. The van der Waals surface area contributed by atoms with Gasteiger partial charge in [0.1, 0.15) is 5.76 Å². The van der Waals surface area contributed by atoms with Gasteiger partial charge in [-0.3, -0.25) is 4.79 Å². The van der Waals surface area contributed by atoms with Gasteiger partial charge in [0.2, 0.25) is 5.91 Å². The van der Waals surface area contributed by atoms with Crippen LogP contribution in [0, 0.1) is 0 Å². The van der Waals surface area contributed by atoms with Gasteiger partial charge in [-0.05, 0) is 30.3 Å². The molecule has 0 aliphatic carbocycles. The van der Waals surface area contributed by atoms with Crippen molar-refractivity contribution in [2.24, 2.45) is 0 Å². The average molecular weight is 294 g/mol. The van der Waals surface area contributed by atoms with Crippen LogP contribution in [0.15, 0.2) is 41.0 Å². The molecule has 0 aliphatic rings. The zero-order valence-corrected chi connectivity index (χ0v) is 11.2. The smallest absolute Gasteiger partial charge is 0.335 e. The van der Waals surface area contributed by atoms with Gasteiger partial charge >= 0.3 is 5.97 Å². The lowest BCUT2D eigenvalue weighted by Gasteiger charge is -2.07. The number of carboxylic acid groups (broad SMARTS) is 1. The maximum Gasteiger partial charge on any atom is 0.335 e. The van der Waals surface area contributed by atoms with Crippen molar-refractivity contribution in [2.45, 2.75) is 12.8 Å². The van der Waals surface area contributed by atoms with Crippen LogP contribution in [0.4, 0.5) is 5.69 Å². The zero-order valence-electron chi connectivity index (χ0n) is 10.4. The Labute approximate surface area is 120 Å². The summed E-state index contributed by atoms with van der Waals surface area (Å²) in [7, 11) is 0. The number of carbonyl (C=O) groups is 2. The number of benzene rings is 1. The van der Waals surface area contributed by atoms with Crippen molar-refractivity contribution in [3.8, 4) is 0 Å². The third-order valence-electron chi connectivity index (χ3n) is 2.67. The Hall–Kier alpha value is -2.27. The number of carbonyl (C=O) groups excluding carboxylic acids is 1. The van der Waals surface area contributed by atoms with E-state index in [1.807, 2.05) is 0 Å². The standard InChI is InChI=1S/C14H12ClNO4/c15-11-5-3-9(14(18)19)8-12(11)16-13(17)6-4-10-2-1-7-20-10/h1-3,5,7-8H,4,6H2,(H,16,17)(H,18,19). The van der Waals surface area contributed by atoms with Gasteiger partial charge in [-0.2, -0.15) is 0 Å². The molecule has 1 aromatic heterocycles. The summed E-state index contributed by atoms with van der Waals surface area (Å²) in [6, 6.07) is 7.68. The number of nitrogens with one attached hydrogen (secondary N) is 1. The van der Waals surface area contributed by atoms with E-state index in [4.69, 9.17) is 21.1 Å². The van der Waals surface area contributed by atoms with Crippen molar-refractivity contribution in [2.75, 3.05) is 5.32 Å². The van der Waals surface area contributed by atoms with Crippen molar-refractivity contribution < 1.29 is 19.1 Å². The number of hydrogen-bond acceptors (Lipinski definition) is 3. The van der Waals surface area contributed by atoms with Gasteiger partial charge in [0.25, 0.3) is 0 Å².